The fraction of sp³-hybridized carbons (Fsp3) is 0.409. The van der Waals surface area contributed by atoms with Crippen LogP contribution in [0.5, 0.6) is 0 Å². The summed E-state index contributed by atoms with van der Waals surface area (Å²) in [5.74, 6) is -0.323. The third-order valence-corrected chi connectivity index (χ3v) is 6.11. The first kappa shape index (κ1) is 20.8. The van der Waals surface area contributed by atoms with Crippen LogP contribution in [0.2, 0.25) is 0 Å². The number of amides is 1. The first-order valence-electron chi connectivity index (χ1n) is 9.50. The zero-order valence-corrected chi connectivity index (χ0v) is 17.4. The van der Waals surface area contributed by atoms with Crippen molar-refractivity contribution in [1.29, 1.82) is 0 Å². The van der Waals surface area contributed by atoms with Gasteiger partial charge >= 0.3 is 6.09 Å². The van der Waals surface area contributed by atoms with Crippen LogP contribution in [0.1, 0.15) is 55.7 Å². The van der Waals surface area contributed by atoms with Crippen LogP contribution in [-0.2, 0) is 0 Å². The van der Waals surface area contributed by atoms with Crippen LogP contribution in [-0.4, -0.2) is 33.4 Å². The number of halogens is 2. The Labute approximate surface area is 173 Å². The molecule has 0 unspecified atom stereocenters. The molecule has 0 saturated heterocycles. The summed E-state index contributed by atoms with van der Waals surface area (Å²) >= 11 is 3.39. The fourth-order valence-electron chi connectivity index (χ4n) is 3.60. The molecule has 28 heavy (non-hydrogen) atoms. The molecule has 2 aromatic carbocycles. The van der Waals surface area contributed by atoms with Crippen LogP contribution in [0.25, 0.3) is 0 Å². The summed E-state index contributed by atoms with van der Waals surface area (Å²) in [5.41, 5.74) is 1.19. The first-order chi connectivity index (χ1) is 13.3. The van der Waals surface area contributed by atoms with E-state index in [9.17, 15) is 19.4 Å². The van der Waals surface area contributed by atoms with Crippen molar-refractivity contribution in [2.75, 3.05) is 6.54 Å². The van der Waals surface area contributed by atoms with Gasteiger partial charge in [0.1, 0.15) is 5.82 Å². The molecule has 1 aliphatic carbocycles. The van der Waals surface area contributed by atoms with E-state index < -0.39 is 11.7 Å². The Morgan fingerprint density at radius 3 is 2.25 bits per heavy atom. The highest BCUT2D eigenvalue weighted by Crippen LogP contribution is 2.44. The second-order valence-electron chi connectivity index (χ2n) is 7.67. The lowest BCUT2D eigenvalue weighted by molar-refractivity contribution is 0.114. The number of benzene rings is 2. The van der Waals surface area contributed by atoms with E-state index in [4.69, 9.17) is 0 Å². The highest BCUT2D eigenvalue weighted by atomic mass is 79.9. The number of nitrogens with zero attached hydrogens (tertiary/aromatic N) is 1. The molecule has 4 nitrogen and oxygen atoms in total. The molecule has 0 aliphatic heterocycles. The van der Waals surface area contributed by atoms with Crippen LogP contribution in [0.4, 0.5) is 9.18 Å². The lowest BCUT2D eigenvalue weighted by Crippen LogP contribution is -2.34. The van der Waals surface area contributed by atoms with Crippen molar-refractivity contribution in [3.05, 3.63) is 69.9 Å². The molecule has 6 heteroatoms. The maximum atomic E-state index is 13.3. The standard InChI is InChI=1S/C22H25BrFNO3/c1-15(16-2-6-19(23)7-3-16)25(21(26)27)13-10-18(14-22(28)11-12-22)17-4-8-20(24)9-5-17/h2-9,15,18,28H,10-14H2,1H3,(H,26,27)/t15-,18+/m0/s1. The van der Waals surface area contributed by atoms with E-state index in [-0.39, 0.29) is 17.8 Å². The van der Waals surface area contributed by atoms with Crippen molar-refractivity contribution in [3.63, 3.8) is 0 Å². The lowest BCUT2D eigenvalue weighted by atomic mass is 9.89. The summed E-state index contributed by atoms with van der Waals surface area (Å²) in [4.78, 5) is 13.3. The molecule has 1 saturated carbocycles. The molecule has 0 radical (unpaired) electrons. The van der Waals surface area contributed by atoms with Gasteiger partial charge < -0.3 is 15.1 Å². The van der Waals surface area contributed by atoms with Crippen molar-refractivity contribution in [3.8, 4) is 0 Å². The Hall–Kier alpha value is -1.92. The molecular weight excluding hydrogens is 425 g/mol. The van der Waals surface area contributed by atoms with E-state index in [1.807, 2.05) is 31.2 Å². The zero-order chi connectivity index (χ0) is 20.3. The minimum absolute atomic E-state index is 0.0212. The summed E-state index contributed by atoms with van der Waals surface area (Å²) in [5, 5.41) is 20.1. The molecule has 150 valence electrons. The maximum Gasteiger partial charge on any atom is 0.407 e. The Morgan fingerprint density at radius 2 is 1.71 bits per heavy atom. The molecule has 2 aromatic rings. The van der Waals surface area contributed by atoms with Gasteiger partial charge in [-0.1, -0.05) is 40.2 Å². The van der Waals surface area contributed by atoms with Gasteiger partial charge in [0.15, 0.2) is 0 Å². The second-order valence-corrected chi connectivity index (χ2v) is 8.58. The Morgan fingerprint density at radius 1 is 1.14 bits per heavy atom. The van der Waals surface area contributed by atoms with Crippen LogP contribution in [0.3, 0.4) is 0 Å². The molecule has 2 atom stereocenters. The minimum Gasteiger partial charge on any atom is -0.465 e. The quantitative estimate of drug-likeness (QED) is 0.541. The summed E-state index contributed by atoms with van der Waals surface area (Å²) in [7, 11) is 0. The normalized spacial score (nSPS) is 17.0. The van der Waals surface area contributed by atoms with E-state index in [2.05, 4.69) is 15.9 Å². The summed E-state index contributed by atoms with van der Waals surface area (Å²) in [6.45, 7) is 2.21. The van der Waals surface area contributed by atoms with E-state index in [1.54, 1.807) is 12.1 Å². The number of carboxylic acid groups (broad SMARTS) is 1. The van der Waals surface area contributed by atoms with E-state index in [0.717, 1.165) is 28.4 Å². The Kier molecular flexibility index (Phi) is 6.40. The van der Waals surface area contributed by atoms with Crippen LogP contribution >= 0.6 is 15.9 Å². The van der Waals surface area contributed by atoms with Crippen molar-refractivity contribution in [1.82, 2.24) is 4.90 Å². The van der Waals surface area contributed by atoms with Crippen molar-refractivity contribution in [2.24, 2.45) is 0 Å². The summed E-state index contributed by atoms with van der Waals surface area (Å²) in [6.07, 6.45) is 1.70. The molecule has 3 rings (SSSR count). The number of hydrogen-bond acceptors (Lipinski definition) is 2. The highest BCUT2D eigenvalue weighted by Gasteiger charge is 2.42. The largest absolute Gasteiger partial charge is 0.465 e. The van der Waals surface area contributed by atoms with Crippen LogP contribution in [0, 0.1) is 5.82 Å². The third kappa shape index (κ3) is 5.32. The number of rotatable bonds is 8. The maximum absolute atomic E-state index is 13.3. The first-order valence-corrected chi connectivity index (χ1v) is 10.3. The van der Waals surface area contributed by atoms with Crippen molar-refractivity contribution >= 4 is 22.0 Å². The molecule has 1 aliphatic rings. The van der Waals surface area contributed by atoms with Crippen molar-refractivity contribution in [2.45, 2.75) is 50.2 Å². The molecule has 0 bridgehead atoms. The summed E-state index contributed by atoms with van der Waals surface area (Å²) in [6, 6.07) is 13.6. The summed E-state index contributed by atoms with van der Waals surface area (Å²) < 4.78 is 14.2. The van der Waals surface area contributed by atoms with Gasteiger partial charge in [0.2, 0.25) is 0 Å². The van der Waals surface area contributed by atoms with Gasteiger partial charge in [0.25, 0.3) is 0 Å². The van der Waals surface area contributed by atoms with Gasteiger partial charge in [0.05, 0.1) is 11.6 Å². The van der Waals surface area contributed by atoms with Gasteiger partial charge in [-0.3, -0.25) is 0 Å². The average Bonchev–Trinajstić information content (AvgIpc) is 3.39. The van der Waals surface area contributed by atoms with Crippen LogP contribution < -0.4 is 0 Å². The predicted molar refractivity (Wildman–Crippen MR) is 110 cm³/mol. The smallest absolute Gasteiger partial charge is 0.407 e. The molecule has 1 fully saturated rings. The minimum atomic E-state index is -0.974. The Balaban J connectivity index is 1.73. The number of hydrogen-bond donors (Lipinski definition) is 2. The molecule has 0 spiro atoms. The molecule has 1 amide bonds. The lowest BCUT2D eigenvalue weighted by Gasteiger charge is -2.29. The average molecular weight is 450 g/mol. The highest BCUT2D eigenvalue weighted by molar-refractivity contribution is 9.10. The van der Waals surface area contributed by atoms with Gasteiger partial charge in [0, 0.05) is 11.0 Å². The zero-order valence-electron chi connectivity index (χ0n) is 15.8. The molecule has 0 heterocycles. The predicted octanol–water partition coefficient (Wildman–Crippen LogP) is 5.72. The SMILES string of the molecule is C[C@@H](c1ccc(Br)cc1)N(CC[C@H](CC1(O)CC1)c1ccc(F)cc1)C(=O)O. The molecule has 2 N–H and O–H groups in total. The van der Waals surface area contributed by atoms with Crippen molar-refractivity contribution < 1.29 is 19.4 Å². The topological polar surface area (TPSA) is 60.8 Å². The van der Waals surface area contributed by atoms with Gasteiger partial charge in [-0.25, -0.2) is 9.18 Å². The second kappa shape index (κ2) is 8.62. The van der Waals surface area contributed by atoms with Gasteiger partial charge in [-0.15, -0.1) is 0 Å². The van der Waals surface area contributed by atoms with Crippen LogP contribution in [0.15, 0.2) is 53.0 Å². The monoisotopic (exact) mass is 449 g/mol. The third-order valence-electron chi connectivity index (χ3n) is 5.58. The molecule has 0 aromatic heterocycles. The number of aliphatic hydroxyl groups is 1. The fourth-order valence-corrected chi connectivity index (χ4v) is 3.86. The number of carbonyl (C=O) groups is 1. The van der Waals surface area contributed by atoms with Gasteiger partial charge in [-0.05, 0) is 73.9 Å². The Bertz CT molecular complexity index is 806. The molecular formula is C22H25BrFNO3. The van der Waals surface area contributed by atoms with Gasteiger partial charge in [-0.2, -0.15) is 0 Å². The van der Waals surface area contributed by atoms with E-state index >= 15 is 0 Å². The van der Waals surface area contributed by atoms with E-state index in [0.29, 0.717) is 19.4 Å². The van der Waals surface area contributed by atoms with E-state index in [1.165, 1.54) is 17.0 Å².